The molecule has 1 N–H and O–H groups in total. The van der Waals surface area contributed by atoms with E-state index in [2.05, 4.69) is 5.32 Å². The summed E-state index contributed by atoms with van der Waals surface area (Å²) in [6.45, 7) is 1.95. The van der Waals surface area contributed by atoms with E-state index in [-0.39, 0.29) is 35.5 Å². The standard InChI is InChI=1S/C19H20Cl3N3O3S/c20-15-5-6-17(22)18(11-15)29(27,28)25-9-7-24(8-10-25)13-19(26)23-12-14-3-1-2-4-16(14)21/h1-6,11H,7-10,12-13H2,(H,23,26). The average molecular weight is 477 g/mol. The number of nitrogens with zero attached hydrogens (tertiary/aromatic N) is 2. The molecule has 2 aromatic carbocycles. The van der Waals surface area contributed by atoms with Crippen LogP contribution < -0.4 is 5.32 Å². The van der Waals surface area contributed by atoms with Crippen molar-refractivity contribution in [2.24, 2.45) is 0 Å². The molecule has 1 fully saturated rings. The maximum absolute atomic E-state index is 12.9. The van der Waals surface area contributed by atoms with Gasteiger partial charge in [-0.2, -0.15) is 4.31 Å². The number of rotatable bonds is 6. The van der Waals surface area contributed by atoms with Gasteiger partial charge in [0.05, 0.1) is 11.6 Å². The Balaban J connectivity index is 1.53. The molecule has 10 heteroatoms. The lowest BCUT2D eigenvalue weighted by Crippen LogP contribution is -2.51. The summed E-state index contributed by atoms with van der Waals surface area (Å²) in [5.41, 5.74) is 0.844. The number of amides is 1. The second-order valence-electron chi connectivity index (χ2n) is 6.62. The van der Waals surface area contributed by atoms with Crippen LogP contribution in [0.2, 0.25) is 15.1 Å². The van der Waals surface area contributed by atoms with Gasteiger partial charge in [-0.05, 0) is 29.8 Å². The Hall–Kier alpha value is -1.35. The molecule has 1 aliphatic rings. The summed E-state index contributed by atoms with van der Waals surface area (Å²) < 4.78 is 27.1. The van der Waals surface area contributed by atoms with E-state index in [9.17, 15) is 13.2 Å². The van der Waals surface area contributed by atoms with E-state index in [1.54, 1.807) is 12.1 Å². The van der Waals surface area contributed by atoms with Gasteiger partial charge in [-0.1, -0.05) is 53.0 Å². The Labute approximate surface area is 185 Å². The van der Waals surface area contributed by atoms with Crippen LogP contribution in [-0.2, 0) is 21.4 Å². The molecular weight excluding hydrogens is 457 g/mol. The zero-order chi connectivity index (χ0) is 21.0. The highest BCUT2D eigenvalue weighted by molar-refractivity contribution is 7.89. The van der Waals surface area contributed by atoms with Crippen LogP contribution in [0.3, 0.4) is 0 Å². The minimum absolute atomic E-state index is 0.00222. The van der Waals surface area contributed by atoms with E-state index in [4.69, 9.17) is 34.8 Å². The first-order chi connectivity index (χ1) is 13.8. The number of carbonyl (C=O) groups excluding carboxylic acids is 1. The first kappa shape index (κ1) is 22.3. The highest BCUT2D eigenvalue weighted by atomic mass is 35.5. The highest BCUT2D eigenvalue weighted by Crippen LogP contribution is 2.28. The minimum Gasteiger partial charge on any atom is -0.351 e. The molecule has 6 nitrogen and oxygen atoms in total. The van der Waals surface area contributed by atoms with Crippen molar-refractivity contribution in [3.05, 3.63) is 63.1 Å². The van der Waals surface area contributed by atoms with Gasteiger partial charge in [0.25, 0.3) is 0 Å². The van der Waals surface area contributed by atoms with Crippen LogP contribution in [0.1, 0.15) is 5.56 Å². The van der Waals surface area contributed by atoms with Crippen LogP contribution in [0.5, 0.6) is 0 Å². The Kier molecular flexibility index (Phi) is 7.42. The van der Waals surface area contributed by atoms with Gasteiger partial charge in [-0.3, -0.25) is 9.69 Å². The van der Waals surface area contributed by atoms with Crippen LogP contribution in [0.25, 0.3) is 0 Å². The van der Waals surface area contributed by atoms with Crippen LogP contribution in [-0.4, -0.2) is 56.3 Å². The summed E-state index contributed by atoms with van der Waals surface area (Å²) in [5.74, 6) is -0.140. The Bertz CT molecular complexity index is 993. The number of sulfonamides is 1. The molecule has 29 heavy (non-hydrogen) atoms. The summed E-state index contributed by atoms with van der Waals surface area (Å²) in [6.07, 6.45) is 0. The third-order valence-corrected chi connectivity index (χ3v) is 7.63. The molecule has 1 aliphatic heterocycles. The van der Waals surface area contributed by atoms with Crippen molar-refractivity contribution in [1.82, 2.24) is 14.5 Å². The van der Waals surface area contributed by atoms with E-state index in [1.807, 2.05) is 23.1 Å². The number of carbonyl (C=O) groups is 1. The predicted molar refractivity (Wildman–Crippen MR) is 115 cm³/mol. The first-order valence-electron chi connectivity index (χ1n) is 8.95. The lowest BCUT2D eigenvalue weighted by molar-refractivity contribution is -0.122. The molecular formula is C19H20Cl3N3O3S. The Morgan fingerprint density at radius 2 is 1.66 bits per heavy atom. The van der Waals surface area contributed by atoms with Gasteiger partial charge < -0.3 is 5.32 Å². The number of benzene rings is 2. The quantitative estimate of drug-likeness (QED) is 0.695. The summed E-state index contributed by atoms with van der Waals surface area (Å²) in [5, 5.41) is 3.88. The molecule has 3 rings (SSSR count). The summed E-state index contributed by atoms with van der Waals surface area (Å²) in [4.78, 5) is 14.1. The van der Waals surface area contributed by atoms with Gasteiger partial charge in [-0.15, -0.1) is 0 Å². The molecule has 0 unspecified atom stereocenters. The molecule has 1 amide bonds. The predicted octanol–water partition coefficient (Wildman–Crippen LogP) is 3.27. The van der Waals surface area contributed by atoms with Crippen molar-refractivity contribution < 1.29 is 13.2 Å². The average Bonchev–Trinajstić information content (AvgIpc) is 2.69. The Morgan fingerprint density at radius 1 is 0.966 bits per heavy atom. The first-order valence-corrected chi connectivity index (χ1v) is 11.5. The van der Waals surface area contributed by atoms with Crippen molar-refractivity contribution in [2.45, 2.75) is 11.4 Å². The van der Waals surface area contributed by atoms with E-state index >= 15 is 0 Å². The number of piperazine rings is 1. The van der Waals surface area contributed by atoms with Crippen LogP contribution in [0.4, 0.5) is 0 Å². The fraction of sp³-hybridized carbons (Fsp3) is 0.316. The van der Waals surface area contributed by atoms with E-state index in [0.29, 0.717) is 29.7 Å². The van der Waals surface area contributed by atoms with Gasteiger partial charge >= 0.3 is 0 Å². The molecule has 2 aromatic rings. The summed E-state index contributed by atoms with van der Waals surface area (Å²) in [7, 11) is -3.74. The molecule has 0 saturated carbocycles. The fourth-order valence-electron chi connectivity index (χ4n) is 3.04. The zero-order valence-corrected chi connectivity index (χ0v) is 18.5. The molecule has 0 radical (unpaired) electrons. The monoisotopic (exact) mass is 475 g/mol. The second kappa shape index (κ2) is 9.64. The molecule has 156 valence electrons. The molecule has 0 aromatic heterocycles. The molecule has 0 spiro atoms. The lowest BCUT2D eigenvalue weighted by atomic mass is 10.2. The van der Waals surface area contributed by atoms with E-state index < -0.39 is 10.0 Å². The van der Waals surface area contributed by atoms with Crippen molar-refractivity contribution in [2.75, 3.05) is 32.7 Å². The largest absolute Gasteiger partial charge is 0.351 e. The third-order valence-electron chi connectivity index (χ3n) is 4.64. The van der Waals surface area contributed by atoms with Gasteiger partial charge in [0.15, 0.2) is 0 Å². The second-order valence-corrected chi connectivity index (χ2v) is 9.78. The van der Waals surface area contributed by atoms with Crippen molar-refractivity contribution in [3.63, 3.8) is 0 Å². The molecule has 0 aliphatic carbocycles. The van der Waals surface area contributed by atoms with Crippen LogP contribution in [0, 0.1) is 0 Å². The van der Waals surface area contributed by atoms with Gasteiger partial charge in [-0.25, -0.2) is 8.42 Å². The number of nitrogens with one attached hydrogen (secondary N) is 1. The van der Waals surface area contributed by atoms with Crippen LogP contribution in [0.15, 0.2) is 47.4 Å². The topological polar surface area (TPSA) is 69.7 Å². The highest BCUT2D eigenvalue weighted by Gasteiger charge is 2.30. The maximum Gasteiger partial charge on any atom is 0.244 e. The Morgan fingerprint density at radius 3 is 2.34 bits per heavy atom. The van der Waals surface area contributed by atoms with E-state index in [0.717, 1.165) is 5.56 Å². The van der Waals surface area contributed by atoms with Crippen molar-refractivity contribution >= 4 is 50.7 Å². The lowest BCUT2D eigenvalue weighted by Gasteiger charge is -2.33. The van der Waals surface area contributed by atoms with Crippen molar-refractivity contribution in [1.29, 1.82) is 0 Å². The van der Waals surface area contributed by atoms with Crippen molar-refractivity contribution in [3.8, 4) is 0 Å². The molecule has 1 heterocycles. The SMILES string of the molecule is O=C(CN1CCN(S(=O)(=O)c2cc(Cl)ccc2Cl)CC1)NCc1ccccc1Cl. The minimum atomic E-state index is -3.74. The molecule has 1 saturated heterocycles. The van der Waals surface area contributed by atoms with E-state index in [1.165, 1.54) is 16.4 Å². The third kappa shape index (κ3) is 5.63. The molecule has 0 bridgehead atoms. The molecule has 0 atom stereocenters. The zero-order valence-electron chi connectivity index (χ0n) is 15.4. The van der Waals surface area contributed by atoms with Gasteiger partial charge in [0.2, 0.25) is 15.9 Å². The number of hydrogen-bond acceptors (Lipinski definition) is 4. The fourth-order valence-corrected chi connectivity index (χ4v) is 5.40. The smallest absolute Gasteiger partial charge is 0.244 e. The van der Waals surface area contributed by atoms with Crippen LogP contribution >= 0.6 is 34.8 Å². The summed E-state index contributed by atoms with van der Waals surface area (Å²) >= 11 is 18.1. The number of hydrogen-bond donors (Lipinski definition) is 1. The normalized spacial score (nSPS) is 16.0. The van der Waals surface area contributed by atoms with Gasteiger partial charge in [0, 0.05) is 42.8 Å². The number of halogens is 3. The van der Waals surface area contributed by atoms with Gasteiger partial charge in [0.1, 0.15) is 4.90 Å². The maximum atomic E-state index is 12.9. The summed E-state index contributed by atoms with van der Waals surface area (Å²) in [6, 6.07) is 11.7.